The van der Waals surface area contributed by atoms with Crippen LogP contribution in [-0.2, 0) is 0 Å². The van der Waals surface area contributed by atoms with Crippen LogP contribution in [0.2, 0.25) is 0 Å². The maximum Gasteiger partial charge on any atom is 0.272 e. The Balaban J connectivity index is 1.79. The van der Waals surface area contributed by atoms with Crippen LogP contribution in [0, 0.1) is 0 Å². The van der Waals surface area contributed by atoms with Gasteiger partial charge in [-0.3, -0.25) is 9.78 Å². The molecule has 0 spiro atoms. The molecule has 0 radical (unpaired) electrons. The molecule has 1 amide bonds. The molecule has 1 aliphatic heterocycles. The topological polar surface area (TPSA) is 63.4 Å². The van der Waals surface area contributed by atoms with Crippen molar-refractivity contribution in [3.05, 3.63) is 47.9 Å². The van der Waals surface area contributed by atoms with Crippen LogP contribution in [0.5, 0.6) is 0 Å². The average molecular weight is 349 g/mol. The second-order valence-corrected chi connectivity index (χ2v) is 7.09. The smallest absolute Gasteiger partial charge is 0.272 e. The van der Waals surface area contributed by atoms with Crippen molar-refractivity contribution in [3.8, 4) is 11.4 Å². The van der Waals surface area contributed by atoms with Crippen molar-refractivity contribution >= 4 is 11.6 Å². The summed E-state index contributed by atoms with van der Waals surface area (Å²) in [5.41, 5.74) is 3.75. The molecule has 0 aliphatic carbocycles. The van der Waals surface area contributed by atoms with E-state index in [4.69, 9.17) is 0 Å². The van der Waals surface area contributed by atoms with Gasteiger partial charge in [0, 0.05) is 31.0 Å². The second kappa shape index (κ2) is 6.86. The minimum absolute atomic E-state index is 0.0229. The summed E-state index contributed by atoms with van der Waals surface area (Å²) in [6, 6.07) is 9.54. The van der Waals surface area contributed by atoms with Gasteiger partial charge >= 0.3 is 0 Å². The van der Waals surface area contributed by atoms with E-state index in [1.165, 1.54) is 6.42 Å². The largest absolute Gasteiger partial charge is 0.337 e. The number of nitrogens with zero attached hydrogens (tertiary/aromatic N) is 5. The van der Waals surface area contributed by atoms with E-state index in [2.05, 4.69) is 28.9 Å². The van der Waals surface area contributed by atoms with Gasteiger partial charge in [-0.25, -0.2) is 9.50 Å². The van der Waals surface area contributed by atoms with Gasteiger partial charge < -0.3 is 4.90 Å². The fourth-order valence-electron chi connectivity index (χ4n) is 3.42. The Kier molecular flexibility index (Phi) is 4.41. The first kappa shape index (κ1) is 16.7. The second-order valence-electron chi connectivity index (χ2n) is 7.09. The van der Waals surface area contributed by atoms with E-state index in [9.17, 15) is 4.79 Å². The number of hydrogen-bond acceptors (Lipinski definition) is 4. The van der Waals surface area contributed by atoms with Crippen molar-refractivity contribution in [1.29, 1.82) is 0 Å². The lowest BCUT2D eigenvalue weighted by Crippen LogP contribution is -2.36. The molecule has 1 fully saturated rings. The van der Waals surface area contributed by atoms with Crippen molar-refractivity contribution in [2.75, 3.05) is 13.1 Å². The Bertz CT molecular complexity index is 926. The number of carbonyl (C=O) groups excluding carboxylic acids is 1. The van der Waals surface area contributed by atoms with Crippen molar-refractivity contribution < 1.29 is 4.79 Å². The third-order valence-electron chi connectivity index (χ3n) is 4.84. The molecule has 0 aromatic carbocycles. The van der Waals surface area contributed by atoms with Crippen molar-refractivity contribution in [1.82, 2.24) is 24.5 Å². The highest BCUT2D eigenvalue weighted by atomic mass is 16.2. The van der Waals surface area contributed by atoms with Crippen molar-refractivity contribution in [2.45, 2.75) is 39.0 Å². The summed E-state index contributed by atoms with van der Waals surface area (Å²) in [6.07, 6.45) is 5.09. The molecule has 134 valence electrons. The zero-order valence-electron chi connectivity index (χ0n) is 15.2. The molecule has 0 saturated carbocycles. The molecule has 6 nitrogen and oxygen atoms in total. The van der Waals surface area contributed by atoms with Gasteiger partial charge in [-0.05, 0) is 43.4 Å². The summed E-state index contributed by atoms with van der Waals surface area (Å²) in [4.78, 5) is 23.8. The third kappa shape index (κ3) is 3.07. The first-order chi connectivity index (χ1) is 12.6. The molecule has 3 aromatic rings. The van der Waals surface area contributed by atoms with Gasteiger partial charge in [-0.2, -0.15) is 5.10 Å². The van der Waals surface area contributed by atoms with Crippen LogP contribution in [-0.4, -0.2) is 43.5 Å². The predicted octanol–water partition coefficient (Wildman–Crippen LogP) is 3.54. The van der Waals surface area contributed by atoms with Crippen molar-refractivity contribution in [3.63, 3.8) is 0 Å². The predicted molar refractivity (Wildman–Crippen MR) is 100 cm³/mol. The molecule has 26 heavy (non-hydrogen) atoms. The van der Waals surface area contributed by atoms with E-state index in [-0.39, 0.29) is 11.8 Å². The third-order valence-corrected chi connectivity index (χ3v) is 4.84. The Morgan fingerprint density at radius 2 is 1.88 bits per heavy atom. The quantitative estimate of drug-likeness (QED) is 0.725. The van der Waals surface area contributed by atoms with Crippen LogP contribution >= 0.6 is 0 Å². The molecular formula is C20H23N5O. The van der Waals surface area contributed by atoms with Gasteiger partial charge in [0.2, 0.25) is 0 Å². The summed E-state index contributed by atoms with van der Waals surface area (Å²) in [6.45, 7) is 5.85. The van der Waals surface area contributed by atoms with Crippen LogP contribution in [0.4, 0.5) is 0 Å². The zero-order chi connectivity index (χ0) is 18.1. The molecule has 6 heteroatoms. The maximum atomic E-state index is 12.9. The van der Waals surface area contributed by atoms with E-state index >= 15 is 0 Å². The summed E-state index contributed by atoms with van der Waals surface area (Å²) in [7, 11) is 0. The van der Waals surface area contributed by atoms with Gasteiger partial charge in [-0.1, -0.05) is 19.9 Å². The minimum atomic E-state index is 0.0229. The number of fused-ring (bicyclic) bond motifs is 1. The molecular weight excluding hydrogens is 326 g/mol. The van der Waals surface area contributed by atoms with Crippen molar-refractivity contribution in [2.24, 2.45) is 0 Å². The lowest BCUT2D eigenvalue weighted by Gasteiger charge is -2.26. The van der Waals surface area contributed by atoms with E-state index in [1.807, 2.05) is 39.7 Å². The van der Waals surface area contributed by atoms with E-state index in [1.54, 1.807) is 6.20 Å². The monoisotopic (exact) mass is 349 g/mol. The summed E-state index contributed by atoms with van der Waals surface area (Å²) in [5, 5.41) is 4.68. The Morgan fingerprint density at radius 3 is 2.58 bits per heavy atom. The fourth-order valence-corrected chi connectivity index (χ4v) is 3.42. The van der Waals surface area contributed by atoms with Gasteiger partial charge in [0.15, 0.2) is 5.65 Å². The fraction of sp³-hybridized carbons (Fsp3) is 0.400. The SMILES string of the molecule is CC(C)c1cc(C(=O)N2CCCCC2)nc2cc(-c3ccccn3)nn12. The first-order valence-electron chi connectivity index (χ1n) is 9.25. The number of amides is 1. The van der Waals surface area contributed by atoms with E-state index < -0.39 is 0 Å². The van der Waals surface area contributed by atoms with Crippen LogP contribution in [0.1, 0.15) is 55.2 Å². The summed E-state index contributed by atoms with van der Waals surface area (Å²) in [5.74, 6) is 0.250. The van der Waals surface area contributed by atoms with E-state index in [0.717, 1.165) is 43.0 Å². The Labute approximate surface area is 152 Å². The Morgan fingerprint density at radius 1 is 1.08 bits per heavy atom. The lowest BCUT2D eigenvalue weighted by molar-refractivity contribution is 0.0718. The molecule has 0 N–H and O–H groups in total. The number of likely N-dealkylation sites (tertiary alicyclic amines) is 1. The van der Waals surface area contributed by atoms with Gasteiger partial charge in [0.1, 0.15) is 11.4 Å². The molecule has 0 unspecified atom stereocenters. The number of piperidine rings is 1. The molecule has 1 aliphatic rings. The van der Waals surface area contributed by atoms with Gasteiger partial charge in [-0.15, -0.1) is 0 Å². The highest BCUT2D eigenvalue weighted by molar-refractivity contribution is 5.93. The van der Waals surface area contributed by atoms with Crippen LogP contribution in [0.25, 0.3) is 17.0 Å². The van der Waals surface area contributed by atoms with Crippen LogP contribution < -0.4 is 0 Å². The molecule has 0 atom stereocenters. The Hall–Kier alpha value is -2.76. The molecule has 4 rings (SSSR count). The van der Waals surface area contributed by atoms with Crippen LogP contribution in [0.15, 0.2) is 36.5 Å². The number of pyridine rings is 1. The first-order valence-corrected chi connectivity index (χ1v) is 9.25. The summed E-state index contributed by atoms with van der Waals surface area (Å²) < 4.78 is 1.83. The number of hydrogen-bond donors (Lipinski definition) is 0. The molecule has 3 aromatic heterocycles. The minimum Gasteiger partial charge on any atom is -0.337 e. The standard InChI is InChI=1S/C20H23N5O/c1-14(2)18-12-17(20(26)24-10-6-3-7-11-24)22-19-13-16(23-25(18)19)15-8-4-5-9-21-15/h4-5,8-9,12-14H,3,6-7,10-11H2,1-2H3. The maximum absolute atomic E-state index is 12.9. The van der Waals surface area contributed by atoms with Crippen LogP contribution in [0.3, 0.4) is 0 Å². The summed E-state index contributed by atoms with van der Waals surface area (Å²) >= 11 is 0. The normalized spacial score (nSPS) is 15.0. The number of carbonyl (C=O) groups is 1. The van der Waals surface area contributed by atoms with Gasteiger partial charge in [0.25, 0.3) is 5.91 Å². The molecule has 4 heterocycles. The van der Waals surface area contributed by atoms with E-state index in [0.29, 0.717) is 11.3 Å². The average Bonchev–Trinajstić information content (AvgIpc) is 3.12. The number of aromatic nitrogens is 4. The highest BCUT2D eigenvalue weighted by Gasteiger charge is 2.22. The lowest BCUT2D eigenvalue weighted by atomic mass is 10.1. The molecule has 1 saturated heterocycles. The molecule has 0 bridgehead atoms. The highest BCUT2D eigenvalue weighted by Crippen LogP contribution is 2.23. The number of rotatable bonds is 3. The zero-order valence-corrected chi connectivity index (χ0v) is 15.2. The van der Waals surface area contributed by atoms with Gasteiger partial charge in [0.05, 0.1) is 5.69 Å².